The Hall–Kier alpha value is -2.21. The average Bonchev–Trinajstić information content (AvgIpc) is 2.74. The first-order valence-corrected chi connectivity index (χ1v) is 10.3. The Morgan fingerprint density at radius 2 is 1.52 bits per heavy atom. The molecule has 2 atom stereocenters. The molecule has 0 bridgehead atoms. The van der Waals surface area contributed by atoms with E-state index in [1.54, 1.807) is 20.3 Å². The molecule has 3 aromatic carbocycles. The van der Waals surface area contributed by atoms with Crippen LogP contribution in [0.1, 0.15) is 29.7 Å². The highest BCUT2D eigenvalue weighted by Gasteiger charge is 2.19. The van der Waals surface area contributed by atoms with Crippen molar-refractivity contribution in [3.8, 4) is 11.5 Å². The van der Waals surface area contributed by atoms with E-state index in [0.29, 0.717) is 22.9 Å². The molecular formula is C23H23BrClNO3. The van der Waals surface area contributed by atoms with Crippen LogP contribution in [0.25, 0.3) is 0 Å². The van der Waals surface area contributed by atoms with Crippen LogP contribution < -0.4 is 14.8 Å². The van der Waals surface area contributed by atoms with Crippen molar-refractivity contribution in [2.75, 3.05) is 19.5 Å². The molecule has 6 heteroatoms. The third-order valence-corrected chi connectivity index (χ3v) is 5.49. The highest BCUT2D eigenvalue weighted by Crippen LogP contribution is 2.35. The largest absolute Gasteiger partial charge is 0.493 e. The lowest BCUT2D eigenvalue weighted by Gasteiger charge is -2.24. The smallest absolute Gasteiger partial charge is 0.161 e. The summed E-state index contributed by atoms with van der Waals surface area (Å²) in [5.41, 5.74) is 2.77. The molecule has 0 aromatic heterocycles. The maximum absolute atomic E-state index is 10.9. The Bertz CT molecular complexity index is 932. The van der Waals surface area contributed by atoms with Crippen molar-refractivity contribution < 1.29 is 14.6 Å². The van der Waals surface area contributed by atoms with Gasteiger partial charge >= 0.3 is 0 Å². The third kappa shape index (κ3) is 5.66. The molecule has 2 unspecified atom stereocenters. The number of rotatable bonds is 8. The van der Waals surface area contributed by atoms with E-state index in [-0.39, 0.29) is 6.04 Å². The lowest BCUT2D eigenvalue weighted by atomic mass is 9.96. The first-order chi connectivity index (χ1) is 14.0. The number of hydrogen-bond acceptors (Lipinski definition) is 4. The van der Waals surface area contributed by atoms with Gasteiger partial charge in [0.2, 0.25) is 0 Å². The fraction of sp³-hybridized carbons (Fsp3) is 0.217. The third-order valence-electron chi connectivity index (χ3n) is 4.71. The predicted octanol–water partition coefficient (Wildman–Crippen LogP) is 6.40. The van der Waals surface area contributed by atoms with E-state index in [9.17, 15) is 5.11 Å². The van der Waals surface area contributed by atoms with Gasteiger partial charge < -0.3 is 19.9 Å². The van der Waals surface area contributed by atoms with Crippen LogP contribution in [0.2, 0.25) is 5.02 Å². The Kier molecular flexibility index (Phi) is 7.42. The highest BCUT2D eigenvalue weighted by atomic mass is 79.9. The molecule has 3 rings (SSSR count). The first kappa shape index (κ1) is 21.5. The van der Waals surface area contributed by atoms with Crippen molar-refractivity contribution in [3.05, 3.63) is 87.4 Å². The van der Waals surface area contributed by atoms with Crippen molar-refractivity contribution in [3.63, 3.8) is 0 Å². The Morgan fingerprint density at radius 1 is 0.897 bits per heavy atom. The quantitative estimate of drug-likeness (QED) is 0.395. The number of benzene rings is 3. The minimum atomic E-state index is -0.691. The van der Waals surface area contributed by atoms with Gasteiger partial charge in [0.15, 0.2) is 11.5 Å². The van der Waals surface area contributed by atoms with Crippen molar-refractivity contribution in [2.24, 2.45) is 0 Å². The maximum atomic E-state index is 10.9. The first-order valence-electron chi connectivity index (χ1n) is 9.17. The van der Waals surface area contributed by atoms with Crippen molar-refractivity contribution in [2.45, 2.75) is 18.6 Å². The predicted molar refractivity (Wildman–Crippen MR) is 121 cm³/mol. The number of methoxy groups -OCH3 is 2. The number of aliphatic hydroxyl groups excluding tert-OH is 1. The summed E-state index contributed by atoms with van der Waals surface area (Å²) in [6.07, 6.45) is -0.219. The van der Waals surface area contributed by atoms with Gasteiger partial charge in [0.05, 0.1) is 26.4 Å². The minimum absolute atomic E-state index is 0.104. The number of ether oxygens (including phenoxy) is 2. The molecule has 0 saturated carbocycles. The molecule has 0 saturated heterocycles. The van der Waals surface area contributed by atoms with Gasteiger partial charge in [-0.25, -0.2) is 0 Å². The van der Waals surface area contributed by atoms with Gasteiger partial charge in [-0.1, -0.05) is 45.7 Å². The summed E-state index contributed by atoms with van der Waals surface area (Å²) in [7, 11) is 3.17. The van der Waals surface area contributed by atoms with Crippen LogP contribution in [0.15, 0.2) is 71.2 Å². The molecule has 152 valence electrons. The van der Waals surface area contributed by atoms with Gasteiger partial charge in [-0.3, -0.25) is 0 Å². The average molecular weight is 477 g/mol. The second-order valence-electron chi connectivity index (χ2n) is 6.62. The molecule has 2 N–H and O–H groups in total. The molecule has 0 aliphatic carbocycles. The van der Waals surface area contributed by atoms with Crippen molar-refractivity contribution in [1.82, 2.24) is 0 Å². The fourth-order valence-corrected chi connectivity index (χ4v) is 3.53. The van der Waals surface area contributed by atoms with Gasteiger partial charge in [0, 0.05) is 21.6 Å². The van der Waals surface area contributed by atoms with Gasteiger partial charge in [0.25, 0.3) is 0 Å². The van der Waals surface area contributed by atoms with E-state index in [1.807, 2.05) is 60.7 Å². The van der Waals surface area contributed by atoms with E-state index in [1.165, 1.54) is 0 Å². The van der Waals surface area contributed by atoms with Gasteiger partial charge in [-0.2, -0.15) is 0 Å². The van der Waals surface area contributed by atoms with Crippen LogP contribution in [0.3, 0.4) is 0 Å². The standard InChI is InChI=1S/C23H23BrClNO3/c1-28-22-12-5-16(13-23(22)29-2)21(27)14-20(15-3-6-17(24)7-4-15)26-19-10-8-18(25)9-11-19/h3-13,20-21,26-27H,14H2,1-2H3. The van der Waals surface area contributed by atoms with E-state index in [4.69, 9.17) is 21.1 Å². The van der Waals surface area contributed by atoms with Gasteiger partial charge in [-0.05, 0) is 59.7 Å². The zero-order chi connectivity index (χ0) is 20.8. The SMILES string of the molecule is COc1ccc(C(O)CC(Nc2ccc(Cl)cc2)c2ccc(Br)cc2)cc1OC. The molecule has 4 nitrogen and oxygen atoms in total. The number of nitrogens with one attached hydrogen (secondary N) is 1. The topological polar surface area (TPSA) is 50.7 Å². The Labute approximate surface area is 184 Å². The monoisotopic (exact) mass is 475 g/mol. The minimum Gasteiger partial charge on any atom is -0.493 e. The normalized spacial score (nSPS) is 12.9. The molecule has 0 aliphatic heterocycles. The molecule has 3 aromatic rings. The van der Waals surface area contributed by atoms with Gasteiger partial charge in [0.1, 0.15) is 0 Å². The van der Waals surface area contributed by atoms with Crippen LogP contribution in [-0.2, 0) is 0 Å². The lowest BCUT2D eigenvalue weighted by Crippen LogP contribution is -2.15. The van der Waals surface area contributed by atoms with E-state index >= 15 is 0 Å². The summed E-state index contributed by atoms with van der Waals surface area (Å²) >= 11 is 9.48. The Morgan fingerprint density at radius 3 is 2.14 bits per heavy atom. The zero-order valence-electron chi connectivity index (χ0n) is 16.2. The molecular weight excluding hydrogens is 454 g/mol. The molecule has 0 radical (unpaired) electrons. The van der Waals surface area contributed by atoms with E-state index in [0.717, 1.165) is 21.3 Å². The molecule has 0 heterocycles. The highest BCUT2D eigenvalue weighted by molar-refractivity contribution is 9.10. The second-order valence-corrected chi connectivity index (χ2v) is 7.97. The summed E-state index contributed by atoms with van der Waals surface area (Å²) in [5.74, 6) is 1.22. The van der Waals surface area contributed by atoms with E-state index in [2.05, 4.69) is 21.2 Å². The molecule has 0 spiro atoms. The molecule has 29 heavy (non-hydrogen) atoms. The summed E-state index contributed by atoms with van der Waals surface area (Å²) in [6.45, 7) is 0. The summed E-state index contributed by atoms with van der Waals surface area (Å²) < 4.78 is 11.7. The van der Waals surface area contributed by atoms with Crippen molar-refractivity contribution >= 4 is 33.2 Å². The molecule has 0 amide bonds. The summed E-state index contributed by atoms with van der Waals surface area (Å²) in [5, 5.41) is 15.1. The number of halogens is 2. The van der Waals surface area contributed by atoms with Crippen LogP contribution in [0.4, 0.5) is 5.69 Å². The molecule has 0 fully saturated rings. The zero-order valence-corrected chi connectivity index (χ0v) is 18.6. The van der Waals surface area contributed by atoms with Crippen LogP contribution >= 0.6 is 27.5 Å². The van der Waals surface area contributed by atoms with Crippen LogP contribution in [-0.4, -0.2) is 19.3 Å². The number of aliphatic hydroxyl groups is 1. The maximum Gasteiger partial charge on any atom is 0.161 e. The van der Waals surface area contributed by atoms with Gasteiger partial charge in [-0.15, -0.1) is 0 Å². The van der Waals surface area contributed by atoms with Crippen LogP contribution in [0.5, 0.6) is 11.5 Å². The molecule has 0 aliphatic rings. The number of hydrogen-bond donors (Lipinski definition) is 2. The second kappa shape index (κ2) is 10.0. The Balaban J connectivity index is 1.85. The summed E-state index contributed by atoms with van der Waals surface area (Å²) in [4.78, 5) is 0. The lowest BCUT2D eigenvalue weighted by molar-refractivity contribution is 0.160. The van der Waals surface area contributed by atoms with Crippen LogP contribution in [0, 0.1) is 0 Å². The number of anilines is 1. The van der Waals surface area contributed by atoms with E-state index < -0.39 is 6.10 Å². The fourth-order valence-electron chi connectivity index (χ4n) is 3.14. The van der Waals surface area contributed by atoms with Crippen molar-refractivity contribution in [1.29, 1.82) is 0 Å². The summed E-state index contributed by atoms with van der Waals surface area (Å²) in [6, 6.07) is 21.0.